The average molecular weight is 298 g/mol. The molecule has 0 unspecified atom stereocenters. The van der Waals surface area contributed by atoms with Crippen molar-refractivity contribution in [2.24, 2.45) is 0 Å². The van der Waals surface area contributed by atoms with E-state index >= 15 is 0 Å². The monoisotopic (exact) mass is 298 g/mol. The van der Waals surface area contributed by atoms with Crippen molar-refractivity contribution in [1.82, 2.24) is 0 Å². The van der Waals surface area contributed by atoms with Crippen molar-refractivity contribution in [3.63, 3.8) is 0 Å². The molecule has 0 aromatic heterocycles. The maximum absolute atomic E-state index is 9.69. The summed E-state index contributed by atoms with van der Waals surface area (Å²) in [4.78, 5) is 0. The minimum Gasteiger partial charge on any atom is -0.491 e. The molecule has 21 heavy (non-hydrogen) atoms. The molecule has 0 spiro atoms. The summed E-state index contributed by atoms with van der Waals surface area (Å²) in [6, 6.07) is 7.49. The number of benzene rings is 1. The van der Waals surface area contributed by atoms with Crippen molar-refractivity contribution >= 4 is 0 Å². The van der Waals surface area contributed by atoms with Gasteiger partial charge in [-0.15, -0.1) is 0 Å². The fourth-order valence-electron chi connectivity index (χ4n) is 1.70. The summed E-state index contributed by atoms with van der Waals surface area (Å²) < 4.78 is 21.1. The van der Waals surface area contributed by atoms with Gasteiger partial charge in [-0.05, 0) is 24.1 Å². The van der Waals surface area contributed by atoms with E-state index in [0.29, 0.717) is 46.1 Å². The van der Waals surface area contributed by atoms with Crippen LogP contribution in [0.5, 0.6) is 5.75 Å². The quantitative estimate of drug-likeness (QED) is 0.599. The van der Waals surface area contributed by atoms with Gasteiger partial charge >= 0.3 is 0 Å². The Labute approximate surface area is 126 Å². The van der Waals surface area contributed by atoms with Crippen molar-refractivity contribution < 1.29 is 24.1 Å². The highest BCUT2D eigenvalue weighted by Crippen LogP contribution is 2.19. The Bertz CT molecular complexity index is 352. The molecular formula is C16H26O5. The Kier molecular flexibility index (Phi) is 9.82. The highest BCUT2D eigenvalue weighted by Gasteiger charge is 2.04. The van der Waals surface area contributed by atoms with Crippen LogP contribution in [0.4, 0.5) is 0 Å². The molecule has 5 nitrogen and oxygen atoms in total. The van der Waals surface area contributed by atoms with Gasteiger partial charge in [0.25, 0.3) is 0 Å². The first-order chi connectivity index (χ1) is 10.3. The van der Waals surface area contributed by atoms with Crippen LogP contribution >= 0.6 is 0 Å². The molecule has 0 saturated carbocycles. The number of ether oxygens (including phenoxy) is 4. The molecule has 1 aromatic rings. The summed E-state index contributed by atoms with van der Waals surface area (Å²) >= 11 is 0. The molecule has 0 fully saturated rings. The third-order valence-electron chi connectivity index (χ3n) is 2.95. The minimum atomic E-state index is -0.402. The molecule has 1 aromatic carbocycles. The van der Waals surface area contributed by atoms with Crippen LogP contribution in [0.15, 0.2) is 24.3 Å². The van der Waals surface area contributed by atoms with Crippen molar-refractivity contribution in [3.8, 4) is 5.75 Å². The highest BCUT2D eigenvalue weighted by molar-refractivity contribution is 5.28. The van der Waals surface area contributed by atoms with Crippen molar-refractivity contribution in [3.05, 3.63) is 29.8 Å². The topological polar surface area (TPSA) is 57.2 Å². The molecule has 0 saturated heterocycles. The summed E-state index contributed by atoms with van der Waals surface area (Å²) in [6.45, 7) is 5.27. The third-order valence-corrected chi connectivity index (χ3v) is 2.95. The number of methoxy groups -OCH3 is 1. The number of rotatable bonds is 12. The zero-order chi connectivity index (χ0) is 15.3. The maximum Gasteiger partial charge on any atom is 0.119 e. The minimum absolute atomic E-state index is 0.402. The van der Waals surface area contributed by atoms with Crippen molar-refractivity contribution in [1.29, 1.82) is 0 Å². The van der Waals surface area contributed by atoms with Gasteiger partial charge in [-0.1, -0.05) is 19.1 Å². The van der Waals surface area contributed by atoms with Gasteiger partial charge in [0.05, 0.1) is 39.1 Å². The van der Waals surface area contributed by atoms with Crippen molar-refractivity contribution in [2.75, 3.05) is 46.8 Å². The van der Waals surface area contributed by atoms with Gasteiger partial charge in [-0.2, -0.15) is 0 Å². The zero-order valence-electron chi connectivity index (χ0n) is 12.9. The average Bonchev–Trinajstić information content (AvgIpc) is 2.53. The van der Waals surface area contributed by atoms with Crippen LogP contribution in [0.1, 0.15) is 25.0 Å². The fourth-order valence-corrected chi connectivity index (χ4v) is 1.70. The molecule has 0 aliphatic carbocycles. The lowest BCUT2D eigenvalue weighted by atomic mass is 10.1. The summed E-state index contributed by atoms with van der Waals surface area (Å²) in [7, 11) is 1.65. The van der Waals surface area contributed by atoms with E-state index < -0.39 is 6.10 Å². The second-order valence-electron chi connectivity index (χ2n) is 4.56. The third kappa shape index (κ3) is 8.02. The SMILES string of the molecule is CC[C@@H](O)c1ccc(OCCOCCOCCOC)cc1. The highest BCUT2D eigenvalue weighted by atomic mass is 16.6. The molecule has 1 rings (SSSR count). The molecule has 0 bridgehead atoms. The molecule has 0 radical (unpaired) electrons. The van der Waals surface area contributed by atoms with Crippen LogP contribution < -0.4 is 4.74 Å². The maximum atomic E-state index is 9.69. The Morgan fingerprint density at radius 2 is 1.48 bits per heavy atom. The van der Waals surface area contributed by atoms with E-state index in [2.05, 4.69) is 0 Å². The second kappa shape index (κ2) is 11.5. The van der Waals surface area contributed by atoms with Gasteiger partial charge in [0.2, 0.25) is 0 Å². The van der Waals surface area contributed by atoms with Crippen LogP contribution in [0.25, 0.3) is 0 Å². The molecular weight excluding hydrogens is 272 g/mol. The number of aliphatic hydroxyl groups excluding tert-OH is 1. The van der Waals surface area contributed by atoms with Gasteiger partial charge in [0, 0.05) is 7.11 Å². The summed E-state index contributed by atoms with van der Waals surface area (Å²) in [5.41, 5.74) is 0.911. The number of aliphatic hydroxyl groups is 1. The van der Waals surface area contributed by atoms with Gasteiger partial charge in [-0.25, -0.2) is 0 Å². The molecule has 0 heterocycles. The first-order valence-corrected chi connectivity index (χ1v) is 7.33. The summed E-state index contributed by atoms with van der Waals surface area (Å²) in [5.74, 6) is 0.780. The van der Waals surface area contributed by atoms with Gasteiger partial charge in [-0.3, -0.25) is 0 Å². The van der Waals surface area contributed by atoms with Crippen LogP contribution in [0.2, 0.25) is 0 Å². The second-order valence-corrected chi connectivity index (χ2v) is 4.56. The molecule has 0 aliphatic rings. The standard InChI is InChI=1S/C16H26O5/c1-3-16(17)14-4-6-15(7-5-14)21-13-12-20-11-10-19-9-8-18-2/h4-7,16-17H,3,8-13H2,1-2H3/t16-/m1/s1. The Balaban J connectivity index is 2.05. The van der Waals surface area contributed by atoms with Crippen LogP contribution in [-0.2, 0) is 14.2 Å². The lowest BCUT2D eigenvalue weighted by molar-refractivity contribution is 0.0179. The fraction of sp³-hybridized carbons (Fsp3) is 0.625. The number of hydrogen-bond acceptors (Lipinski definition) is 5. The van der Waals surface area contributed by atoms with Gasteiger partial charge < -0.3 is 24.1 Å². The smallest absolute Gasteiger partial charge is 0.119 e. The number of hydrogen-bond donors (Lipinski definition) is 1. The molecule has 1 atom stereocenters. The predicted octanol–water partition coefficient (Wildman–Crippen LogP) is 2.19. The summed E-state index contributed by atoms with van der Waals surface area (Å²) in [6.07, 6.45) is 0.307. The van der Waals surface area contributed by atoms with E-state index in [-0.39, 0.29) is 0 Å². The van der Waals surface area contributed by atoms with Crippen molar-refractivity contribution in [2.45, 2.75) is 19.4 Å². The Morgan fingerprint density at radius 1 is 0.905 bits per heavy atom. The largest absolute Gasteiger partial charge is 0.491 e. The van der Waals surface area contributed by atoms with E-state index in [1.54, 1.807) is 7.11 Å². The van der Waals surface area contributed by atoms with E-state index in [1.165, 1.54) is 0 Å². The Morgan fingerprint density at radius 3 is 2.05 bits per heavy atom. The lowest BCUT2D eigenvalue weighted by Gasteiger charge is -2.10. The lowest BCUT2D eigenvalue weighted by Crippen LogP contribution is -2.12. The molecule has 120 valence electrons. The molecule has 0 aliphatic heterocycles. The first kappa shape index (κ1) is 17.9. The molecule has 0 amide bonds. The van der Waals surface area contributed by atoms with Crippen LogP contribution in [0, 0.1) is 0 Å². The van der Waals surface area contributed by atoms with Crippen LogP contribution in [-0.4, -0.2) is 51.9 Å². The molecule has 1 N–H and O–H groups in total. The van der Waals surface area contributed by atoms with E-state index in [9.17, 15) is 5.11 Å². The zero-order valence-corrected chi connectivity index (χ0v) is 12.9. The first-order valence-electron chi connectivity index (χ1n) is 7.33. The van der Waals surface area contributed by atoms with E-state index in [4.69, 9.17) is 18.9 Å². The molecule has 5 heteroatoms. The predicted molar refractivity (Wildman–Crippen MR) is 80.7 cm³/mol. The Hall–Kier alpha value is -1.14. The van der Waals surface area contributed by atoms with Gasteiger partial charge in [0.1, 0.15) is 12.4 Å². The normalized spacial score (nSPS) is 12.3. The summed E-state index contributed by atoms with van der Waals surface area (Å²) in [5, 5.41) is 9.69. The van der Waals surface area contributed by atoms with Crippen LogP contribution in [0.3, 0.4) is 0 Å². The van der Waals surface area contributed by atoms with E-state index in [0.717, 1.165) is 11.3 Å². The van der Waals surface area contributed by atoms with E-state index in [1.807, 2.05) is 31.2 Å². The van der Waals surface area contributed by atoms with Gasteiger partial charge in [0.15, 0.2) is 0 Å².